The summed E-state index contributed by atoms with van der Waals surface area (Å²) in [6, 6.07) is 0. The molecule has 0 heterocycles. The molecule has 1 fully saturated rings. The molecule has 0 radical (unpaired) electrons. The van der Waals surface area contributed by atoms with Crippen LogP contribution in [0.1, 0.15) is 26.2 Å². The number of hydrogen-bond donors (Lipinski definition) is 1. The fraction of sp³-hybridized carbons (Fsp3) is 0.857. The molecular weight excluding hydrogens is 112 g/mol. The molecule has 0 spiro atoms. The monoisotopic (exact) mass is 124 g/mol. The zero-order valence-electron chi connectivity index (χ0n) is 5.78. The summed E-state index contributed by atoms with van der Waals surface area (Å²) in [6.45, 7) is 3.09. The van der Waals surface area contributed by atoms with Gasteiger partial charge in [0.05, 0.1) is 0 Å². The van der Waals surface area contributed by atoms with Gasteiger partial charge in [0.2, 0.25) is 0 Å². The summed E-state index contributed by atoms with van der Waals surface area (Å²) in [6.07, 6.45) is 5.84. The van der Waals surface area contributed by atoms with Gasteiger partial charge in [-0.3, -0.25) is 0 Å². The van der Waals surface area contributed by atoms with E-state index in [1.807, 2.05) is 6.19 Å². The molecule has 1 aliphatic carbocycles. The third-order valence-corrected chi connectivity index (χ3v) is 2.15. The smallest absolute Gasteiger partial charge is 0.176 e. The largest absolute Gasteiger partial charge is 0.323 e. The van der Waals surface area contributed by atoms with Gasteiger partial charge in [0.1, 0.15) is 0 Å². The Kier molecular flexibility index (Phi) is 1.61. The first kappa shape index (κ1) is 6.41. The van der Waals surface area contributed by atoms with Gasteiger partial charge in [-0.25, -0.2) is 0 Å². The van der Waals surface area contributed by atoms with Crippen LogP contribution in [0.15, 0.2) is 0 Å². The van der Waals surface area contributed by atoms with Gasteiger partial charge < -0.3 is 5.32 Å². The van der Waals surface area contributed by atoms with Gasteiger partial charge in [-0.05, 0) is 18.3 Å². The number of rotatable bonds is 2. The summed E-state index contributed by atoms with van der Waals surface area (Å²) in [4.78, 5) is 0. The predicted molar refractivity (Wildman–Crippen MR) is 35.6 cm³/mol. The molecule has 0 atom stereocenters. The fourth-order valence-corrected chi connectivity index (χ4v) is 1.21. The van der Waals surface area contributed by atoms with E-state index in [-0.39, 0.29) is 0 Å². The van der Waals surface area contributed by atoms with Crippen LogP contribution in [0.4, 0.5) is 0 Å². The Morgan fingerprint density at radius 1 is 1.67 bits per heavy atom. The molecular formula is C7H12N2. The van der Waals surface area contributed by atoms with Crippen molar-refractivity contribution in [1.29, 1.82) is 5.26 Å². The zero-order valence-corrected chi connectivity index (χ0v) is 5.78. The number of nitrogens with one attached hydrogen (secondary N) is 1. The minimum atomic E-state index is 0.440. The van der Waals surface area contributed by atoms with Gasteiger partial charge in [-0.2, -0.15) is 5.26 Å². The molecule has 0 saturated heterocycles. The zero-order chi connectivity index (χ0) is 6.74. The maximum absolute atomic E-state index is 8.19. The number of nitrogens with zero attached hydrogens (tertiary/aromatic N) is 1. The second-order valence-electron chi connectivity index (χ2n) is 3.13. The average molecular weight is 124 g/mol. The predicted octanol–water partition coefficient (Wildman–Crippen LogP) is 1.25. The van der Waals surface area contributed by atoms with Crippen molar-refractivity contribution in [2.24, 2.45) is 5.41 Å². The highest BCUT2D eigenvalue weighted by atomic mass is 14.9. The van der Waals surface area contributed by atoms with Crippen LogP contribution in [0, 0.1) is 16.9 Å². The van der Waals surface area contributed by atoms with Gasteiger partial charge in [-0.1, -0.05) is 13.3 Å². The maximum atomic E-state index is 8.19. The Morgan fingerprint density at radius 3 is 2.67 bits per heavy atom. The van der Waals surface area contributed by atoms with Crippen molar-refractivity contribution in [2.45, 2.75) is 26.2 Å². The lowest BCUT2D eigenvalue weighted by Gasteiger charge is -2.37. The minimum absolute atomic E-state index is 0.440. The molecule has 9 heavy (non-hydrogen) atoms. The van der Waals surface area contributed by atoms with Crippen molar-refractivity contribution in [3.8, 4) is 6.19 Å². The molecule has 0 aromatic carbocycles. The van der Waals surface area contributed by atoms with E-state index in [1.54, 1.807) is 0 Å². The second kappa shape index (κ2) is 2.26. The Morgan fingerprint density at radius 2 is 2.33 bits per heavy atom. The lowest BCUT2D eigenvalue weighted by molar-refractivity contribution is 0.164. The van der Waals surface area contributed by atoms with Gasteiger partial charge in [0.15, 0.2) is 6.19 Å². The topological polar surface area (TPSA) is 35.8 Å². The summed E-state index contributed by atoms with van der Waals surface area (Å²) < 4.78 is 0. The van der Waals surface area contributed by atoms with Crippen LogP contribution >= 0.6 is 0 Å². The van der Waals surface area contributed by atoms with E-state index in [4.69, 9.17) is 5.26 Å². The van der Waals surface area contributed by atoms with Gasteiger partial charge in [0, 0.05) is 6.54 Å². The third kappa shape index (κ3) is 1.35. The summed E-state index contributed by atoms with van der Waals surface area (Å²) >= 11 is 0. The summed E-state index contributed by atoms with van der Waals surface area (Å²) in [5.41, 5.74) is 0.440. The van der Waals surface area contributed by atoms with E-state index >= 15 is 0 Å². The van der Waals surface area contributed by atoms with E-state index in [2.05, 4.69) is 12.2 Å². The van der Waals surface area contributed by atoms with Gasteiger partial charge in [0.25, 0.3) is 0 Å². The lowest BCUT2D eigenvalue weighted by atomic mass is 9.70. The minimum Gasteiger partial charge on any atom is -0.323 e. The van der Waals surface area contributed by atoms with Crippen LogP contribution in [0.5, 0.6) is 0 Å². The molecule has 1 rings (SSSR count). The van der Waals surface area contributed by atoms with Crippen molar-refractivity contribution in [2.75, 3.05) is 6.54 Å². The highest BCUT2D eigenvalue weighted by molar-refractivity contribution is 4.87. The van der Waals surface area contributed by atoms with Crippen molar-refractivity contribution >= 4 is 0 Å². The number of hydrogen-bond acceptors (Lipinski definition) is 2. The number of nitriles is 1. The molecule has 1 N–H and O–H groups in total. The van der Waals surface area contributed by atoms with Gasteiger partial charge >= 0.3 is 0 Å². The van der Waals surface area contributed by atoms with E-state index in [1.165, 1.54) is 19.3 Å². The first-order chi connectivity index (χ1) is 4.27. The Bertz CT molecular complexity index is 130. The van der Waals surface area contributed by atoms with Crippen LogP contribution < -0.4 is 5.32 Å². The molecule has 0 bridgehead atoms. The van der Waals surface area contributed by atoms with Crippen LogP contribution in [-0.2, 0) is 0 Å². The van der Waals surface area contributed by atoms with Gasteiger partial charge in [-0.15, -0.1) is 0 Å². The molecule has 2 heteroatoms. The Hall–Kier alpha value is -0.710. The third-order valence-electron chi connectivity index (χ3n) is 2.15. The SMILES string of the molecule is CC1(CNC#N)CCC1. The summed E-state index contributed by atoms with van der Waals surface area (Å²) in [7, 11) is 0. The second-order valence-corrected chi connectivity index (χ2v) is 3.13. The first-order valence-electron chi connectivity index (χ1n) is 3.39. The van der Waals surface area contributed by atoms with Crippen molar-refractivity contribution in [3.05, 3.63) is 0 Å². The molecule has 1 saturated carbocycles. The molecule has 0 aromatic rings. The van der Waals surface area contributed by atoms with E-state index in [9.17, 15) is 0 Å². The molecule has 0 aliphatic heterocycles. The van der Waals surface area contributed by atoms with Crippen molar-refractivity contribution < 1.29 is 0 Å². The highest BCUT2D eigenvalue weighted by Crippen LogP contribution is 2.39. The standard InChI is InChI=1S/C7H12N2/c1-7(3-2-4-7)5-9-6-8/h9H,2-5H2,1H3. The molecule has 0 aromatic heterocycles. The quantitative estimate of drug-likeness (QED) is 0.444. The normalized spacial score (nSPS) is 21.8. The average Bonchev–Trinajstić information content (AvgIpc) is 1.79. The van der Waals surface area contributed by atoms with Crippen LogP contribution in [0.2, 0.25) is 0 Å². The molecule has 1 aliphatic rings. The van der Waals surface area contributed by atoms with Crippen molar-refractivity contribution in [3.63, 3.8) is 0 Å². The summed E-state index contributed by atoms with van der Waals surface area (Å²) in [5.74, 6) is 0. The highest BCUT2D eigenvalue weighted by Gasteiger charge is 2.30. The lowest BCUT2D eigenvalue weighted by Crippen LogP contribution is -2.35. The molecule has 2 nitrogen and oxygen atoms in total. The van der Waals surface area contributed by atoms with Crippen LogP contribution in [0.3, 0.4) is 0 Å². The fourth-order valence-electron chi connectivity index (χ4n) is 1.21. The first-order valence-corrected chi connectivity index (χ1v) is 3.39. The van der Waals surface area contributed by atoms with Crippen molar-refractivity contribution in [1.82, 2.24) is 5.32 Å². The van der Waals surface area contributed by atoms with Crippen LogP contribution in [0.25, 0.3) is 0 Å². The Labute approximate surface area is 55.9 Å². The summed E-state index contributed by atoms with van der Waals surface area (Å²) in [5, 5.41) is 10.9. The van der Waals surface area contributed by atoms with E-state index in [0.29, 0.717) is 5.41 Å². The molecule has 0 unspecified atom stereocenters. The molecule has 0 amide bonds. The van der Waals surface area contributed by atoms with Crippen LogP contribution in [-0.4, -0.2) is 6.54 Å². The van der Waals surface area contributed by atoms with E-state index in [0.717, 1.165) is 6.54 Å². The Balaban J connectivity index is 2.19. The molecule has 50 valence electrons. The van der Waals surface area contributed by atoms with E-state index < -0.39 is 0 Å². The maximum Gasteiger partial charge on any atom is 0.176 e.